The number of rotatable bonds is 7. The highest BCUT2D eigenvalue weighted by atomic mass is 16.5. The summed E-state index contributed by atoms with van der Waals surface area (Å²) in [5, 5.41) is 6.76. The number of aromatic amines is 1. The van der Waals surface area contributed by atoms with Crippen molar-refractivity contribution in [2.24, 2.45) is 5.10 Å². The van der Waals surface area contributed by atoms with Gasteiger partial charge in [-0.25, -0.2) is 4.98 Å². The molecule has 0 bridgehead atoms. The molecule has 0 saturated carbocycles. The van der Waals surface area contributed by atoms with Crippen molar-refractivity contribution >= 4 is 12.0 Å². The Kier molecular flexibility index (Phi) is 6.44. The van der Waals surface area contributed by atoms with Crippen molar-refractivity contribution in [2.45, 2.75) is 6.61 Å². The number of pyridine rings is 1. The number of methoxy groups -OCH3 is 1. The van der Waals surface area contributed by atoms with E-state index in [1.165, 1.54) is 0 Å². The summed E-state index contributed by atoms with van der Waals surface area (Å²) in [4.78, 5) is 5.63. The van der Waals surface area contributed by atoms with Crippen LogP contribution in [-0.2, 0) is 6.61 Å². The first-order valence-electron chi connectivity index (χ1n) is 10.2. The van der Waals surface area contributed by atoms with Gasteiger partial charge in [0.1, 0.15) is 19.7 Å². The molecule has 1 aromatic heterocycles. The van der Waals surface area contributed by atoms with E-state index in [1.54, 1.807) is 7.11 Å². The van der Waals surface area contributed by atoms with Crippen LogP contribution < -0.4 is 19.4 Å². The number of anilines is 1. The van der Waals surface area contributed by atoms with Crippen LogP contribution in [-0.4, -0.2) is 44.5 Å². The monoisotopic (exact) mass is 403 g/mol. The van der Waals surface area contributed by atoms with Gasteiger partial charge in [-0.05, 0) is 35.4 Å². The second-order valence-electron chi connectivity index (χ2n) is 7.12. The zero-order valence-corrected chi connectivity index (χ0v) is 17.2. The van der Waals surface area contributed by atoms with Crippen molar-refractivity contribution in [3.05, 3.63) is 84.1 Å². The Bertz CT molecular complexity index is 955. The van der Waals surface area contributed by atoms with Crippen molar-refractivity contribution in [3.8, 4) is 11.5 Å². The highest BCUT2D eigenvalue weighted by molar-refractivity contribution is 5.80. The molecule has 6 nitrogen and oxygen atoms in total. The third-order valence-corrected chi connectivity index (χ3v) is 5.08. The van der Waals surface area contributed by atoms with Gasteiger partial charge in [-0.1, -0.05) is 36.4 Å². The summed E-state index contributed by atoms with van der Waals surface area (Å²) in [6, 6.07) is 22.2. The highest BCUT2D eigenvalue weighted by Gasteiger charge is 2.21. The average Bonchev–Trinajstić information content (AvgIpc) is 2.83. The normalized spacial score (nSPS) is 14.2. The Morgan fingerprint density at radius 3 is 2.47 bits per heavy atom. The van der Waals surface area contributed by atoms with E-state index in [2.05, 4.69) is 32.1 Å². The lowest BCUT2D eigenvalue weighted by Crippen LogP contribution is -2.45. The summed E-state index contributed by atoms with van der Waals surface area (Å²) < 4.78 is 11.4. The van der Waals surface area contributed by atoms with E-state index in [0.29, 0.717) is 12.4 Å². The number of hydrazone groups is 1. The van der Waals surface area contributed by atoms with Crippen LogP contribution in [0.4, 0.5) is 5.82 Å². The molecule has 154 valence electrons. The van der Waals surface area contributed by atoms with Crippen LogP contribution in [0.3, 0.4) is 0 Å². The molecule has 0 radical (unpaired) electrons. The molecule has 0 spiro atoms. The fraction of sp³-hybridized carbons (Fsp3) is 0.250. The van der Waals surface area contributed by atoms with E-state index < -0.39 is 0 Å². The number of H-pyrrole nitrogens is 1. The molecule has 30 heavy (non-hydrogen) atoms. The maximum Gasteiger partial charge on any atom is 0.274 e. The van der Waals surface area contributed by atoms with Gasteiger partial charge in [0.25, 0.3) is 5.82 Å². The van der Waals surface area contributed by atoms with Gasteiger partial charge in [-0.3, -0.25) is 9.91 Å². The van der Waals surface area contributed by atoms with Crippen molar-refractivity contribution in [1.82, 2.24) is 5.01 Å². The average molecular weight is 404 g/mol. The molecule has 1 N–H and O–H groups in total. The predicted octanol–water partition coefficient (Wildman–Crippen LogP) is 3.24. The molecule has 0 atom stereocenters. The van der Waals surface area contributed by atoms with Gasteiger partial charge in [0, 0.05) is 6.07 Å². The first-order valence-corrected chi connectivity index (χ1v) is 10.2. The zero-order chi connectivity index (χ0) is 20.6. The lowest BCUT2D eigenvalue weighted by Gasteiger charge is -2.28. The van der Waals surface area contributed by atoms with Gasteiger partial charge >= 0.3 is 0 Å². The molecule has 1 aliphatic heterocycles. The van der Waals surface area contributed by atoms with Crippen LogP contribution >= 0.6 is 0 Å². The summed E-state index contributed by atoms with van der Waals surface area (Å²) >= 11 is 0. The predicted molar refractivity (Wildman–Crippen MR) is 118 cm³/mol. The van der Waals surface area contributed by atoms with Gasteiger partial charge in [0.2, 0.25) is 0 Å². The number of benzene rings is 2. The van der Waals surface area contributed by atoms with E-state index in [0.717, 1.165) is 48.9 Å². The minimum absolute atomic E-state index is 0.508. The smallest absolute Gasteiger partial charge is 0.274 e. The van der Waals surface area contributed by atoms with Crippen LogP contribution in [0.15, 0.2) is 78.0 Å². The molecule has 1 fully saturated rings. The molecule has 2 aromatic carbocycles. The molecule has 0 amide bonds. The Morgan fingerprint density at radius 2 is 1.73 bits per heavy atom. The van der Waals surface area contributed by atoms with E-state index in [-0.39, 0.29) is 0 Å². The molecule has 2 heterocycles. The summed E-state index contributed by atoms with van der Waals surface area (Å²) in [6.07, 6.45) is 3.84. The van der Waals surface area contributed by atoms with Crippen LogP contribution in [0.1, 0.15) is 11.1 Å². The Labute approximate surface area is 177 Å². The van der Waals surface area contributed by atoms with Crippen LogP contribution in [0.2, 0.25) is 0 Å². The number of piperazine rings is 1. The van der Waals surface area contributed by atoms with E-state index in [4.69, 9.17) is 9.47 Å². The standard InChI is InChI=1S/C24H26N4O2/c1-29-23-17-21(10-11-22(23)30-19-20-7-3-2-4-8-20)18-26-28-15-13-27(14-16-28)24-9-5-6-12-25-24/h2-12,17-18H,13-16,19H2,1H3/p+1/b26-18-. The second kappa shape index (κ2) is 9.78. The maximum atomic E-state index is 5.93. The highest BCUT2D eigenvalue weighted by Crippen LogP contribution is 2.28. The lowest BCUT2D eigenvalue weighted by atomic mass is 10.2. The van der Waals surface area contributed by atoms with E-state index in [1.807, 2.05) is 67.0 Å². The second-order valence-corrected chi connectivity index (χ2v) is 7.12. The molecule has 3 aromatic rings. The fourth-order valence-electron chi connectivity index (χ4n) is 3.40. The SMILES string of the molecule is COc1cc(/C=N\N2CCN(c3cccc[nH+]3)CC2)ccc1OCc1ccccc1. The third-order valence-electron chi connectivity index (χ3n) is 5.08. The molecule has 1 saturated heterocycles. The number of nitrogens with one attached hydrogen (secondary N) is 1. The third kappa shape index (κ3) is 5.08. The molecular formula is C24H27N4O2+. The van der Waals surface area contributed by atoms with Gasteiger partial charge in [0.15, 0.2) is 11.5 Å². The van der Waals surface area contributed by atoms with Crippen molar-refractivity contribution in [2.75, 3.05) is 38.2 Å². The van der Waals surface area contributed by atoms with Crippen LogP contribution in [0.5, 0.6) is 11.5 Å². The lowest BCUT2D eigenvalue weighted by molar-refractivity contribution is -0.364. The molecular weight excluding hydrogens is 376 g/mol. The zero-order valence-electron chi connectivity index (χ0n) is 17.2. The summed E-state index contributed by atoms with van der Waals surface area (Å²) in [5.74, 6) is 2.59. The summed E-state index contributed by atoms with van der Waals surface area (Å²) in [5.41, 5.74) is 2.11. The van der Waals surface area contributed by atoms with Crippen LogP contribution in [0, 0.1) is 0 Å². The fourth-order valence-corrected chi connectivity index (χ4v) is 3.40. The summed E-state index contributed by atoms with van der Waals surface area (Å²) in [6.45, 7) is 4.15. The van der Waals surface area contributed by atoms with Crippen molar-refractivity contribution < 1.29 is 14.5 Å². The van der Waals surface area contributed by atoms with Gasteiger partial charge in [-0.2, -0.15) is 5.10 Å². The number of ether oxygens (including phenoxy) is 2. The molecule has 6 heteroatoms. The van der Waals surface area contributed by atoms with Crippen molar-refractivity contribution in [1.29, 1.82) is 0 Å². The first-order chi connectivity index (χ1) is 14.8. The van der Waals surface area contributed by atoms with Gasteiger partial charge in [0.05, 0.1) is 32.6 Å². The molecule has 0 unspecified atom stereocenters. The minimum atomic E-state index is 0.508. The Morgan fingerprint density at radius 1 is 0.933 bits per heavy atom. The van der Waals surface area contributed by atoms with Gasteiger partial charge < -0.3 is 9.47 Å². The number of nitrogens with zero attached hydrogens (tertiary/aromatic N) is 3. The van der Waals surface area contributed by atoms with Crippen molar-refractivity contribution in [3.63, 3.8) is 0 Å². The summed E-state index contributed by atoms with van der Waals surface area (Å²) in [7, 11) is 1.66. The quantitative estimate of drug-likeness (QED) is 0.569. The Balaban J connectivity index is 1.33. The van der Waals surface area contributed by atoms with E-state index >= 15 is 0 Å². The number of hydrogen-bond donors (Lipinski definition) is 0. The first kappa shape index (κ1) is 19.8. The molecule has 0 aliphatic carbocycles. The topological polar surface area (TPSA) is 51.4 Å². The minimum Gasteiger partial charge on any atom is -0.493 e. The maximum absolute atomic E-state index is 5.93. The number of aromatic nitrogens is 1. The Hall–Kier alpha value is -3.54. The number of hydrogen-bond acceptors (Lipinski definition) is 5. The van der Waals surface area contributed by atoms with Crippen LogP contribution in [0.25, 0.3) is 0 Å². The van der Waals surface area contributed by atoms with E-state index in [9.17, 15) is 0 Å². The molecule has 1 aliphatic rings. The van der Waals surface area contributed by atoms with Gasteiger partial charge in [-0.15, -0.1) is 0 Å². The largest absolute Gasteiger partial charge is 0.493 e. The molecule has 4 rings (SSSR count).